The van der Waals surface area contributed by atoms with Gasteiger partial charge in [-0.05, 0) is 45.0 Å². The van der Waals surface area contributed by atoms with Gasteiger partial charge in [0.15, 0.2) is 0 Å². The lowest BCUT2D eigenvalue weighted by Crippen LogP contribution is -2.24. The number of benzene rings is 1. The van der Waals surface area contributed by atoms with Crippen molar-refractivity contribution in [3.63, 3.8) is 0 Å². The van der Waals surface area contributed by atoms with Gasteiger partial charge in [0.1, 0.15) is 0 Å². The van der Waals surface area contributed by atoms with Gasteiger partial charge in [-0.15, -0.1) is 12.4 Å². The van der Waals surface area contributed by atoms with Gasteiger partial charge >= 0.3 is 0 Å². The first-order valence-electron chi connectivity index (χ1n) is 6.71. The Morgan fingerprint density at radius 1 is 1.50 bits per heavy atom. The molecule has 1 fully saturated rings. The van der Waals surface area contributed by atoms with Gasteiger partial charge in [-0.2, -0.15) is 0 Å². The SMILES string of the molecule is CNCC1CCN(Cc2cccc([N+](=O)[O-])c2C)C1.Cl. The highest BCUT2D eigenvalue weighted by atomic mass is 35.5. The Morgan fingerprint density at radius 2 is 2.25 bits per heavy atom. The van der Waals surface area contributed by atoms with Crippen molar-refractivity contribution >= 4 is 18.1 Å². The summed E-state index contributed by atoms with van der Waals surface area (Å²) in [6.07, 6.45) is 1.20. The first-order chi connectivity index (χ1) is 9.11. The maximum absolute atomic E-state index is 10.9. The highest BCUT2D eigenvalue weighted by molar-refractivity contribution is 5.85. The molecule has 1 aliphatic heterocycles. The van der Waals surface area contributed by atoms with E-state index in [1.165, 1.54) is 6.42 Å². The Balaban J connectivity index is 0.00000200. The molecular formula is C14H22ClN3O2. The molecule has 0 radical (unpaired) electrons. The number of rotatable bonds is 5. The molecule has 0 aliphatic carbocycles. The zero-order chi connectivity index (χ0) is 13.8. The number of nitrogens with zero attached hydrogens (tertiary/aromatic N) is 2. The molecule has 1 N–H and O–H groups in total. The molecule has 0 aromatic heterocycles. The van der Waals surface area contributed by atoms with E-state index in [0.29, 0.717) is 5.92 Å². The van der Waals surface area contributed by atoms with Crippen molar-refractivity contribution < 1.29 is 4.92 Å². The van der Waals surface area contributed by atoms with E-state index in [-0.39, 0.29) is 23.0 Å². The molecule has 1 aromatic rings. The molecule has 1 saturated heterocycles. The number of hydrogen-bond donors (Lipinski definition) is 1. The van der Waals surface area contributed by atoms with Crippen LogP contribution >= 0.6 is 12.4 Å². The standard InChI is InChI=1S/C14H21N3O2.ClH/c1-11-13(4-3-5-14(11)17(18)19)10-16-7-6-12(9-16)8-15-2;/h3-5,12,15H,6-10H2,1-2H3;1H. The topological polar surface area (TPSA) is 58.4 Å². The Hall–Kier alpha value is -1.17. The van der Waals surface area contributed by atoms with Gasteiger partial charge in [0.25, 0.3) is 5.69 Å². The second kappa shape index (κ2) is 7.57. The first kappa shape index (κ1) is 16.9. The predicted molar refractivity (Wildman–Crippen MR) is 82.4 cm³/mol. The summed E-state index contributed by atoms with van der Waals surface area (Å²) < 4.78 is 0. The van der Waals surface area contributed by atoms with E-state index >= 15 is 0 Å². The summed E-state index contributed by atoms with van der Waals surface area (Å²) >= 11 is 0. The van der Waals surface area contributed by atoms with Crippen LogP contribution in [0.2, 0.25) is 0 Å². The van der Waals surface area contributed by atoms with Crippen LogP contribution in [-0.4, -0.2) is 36.5 Å². The smallest absolute Gasteiger partial charge is 0.272 e. The zero-order valence-corrected chi connectivity index (χ0v) is 12.8. The van der Waals surface area contributed by atoms with Crippen molar-refractivity contribution in [3.05, 3.63) is 39.4 Å². The minimum Gasteiger partial charge on any atom is -0.319 e. The number of halogens is 1. The van der Waals surface area contributed by atoms with Crippen molar-refractivity contribution in [3.8, 4) is 0 Å². The molecule has 20 heavy (non-hydrogen) atoms. The summed E-state index contributed by atoms with van der Waals surface area (Å²) in [6.45, 7) is 5.85. The Bertz CT molecular complexity index is 468. The highest BCUT2D eigenvalue weighted by Gasteiger charge is 2.23. The lowest BCUT2D eigenvalue weighted by atomic mass is 10.1. The van der Waals surface area contributed by atoms with Crippen LogP contribution in [0.4, 0.5) is 5.69 Å². The van der Waals surface area contributed by atoms with Crippen LogP contribution in [0.3, 0.4) is 0 Å². The molecule has 0 amide bonds. The average Bonchev–Trinajstić information content (AvgIpc) is 2.79. The minimum atomic E-state index is -0.299. The van der Waals surface area contributed by atoms with E-state index in [4.69, 9.17) is 0 Å². The summed E-state index contributed by atoms with van der Waals surface area (Å²) in [4.78, 5) is 13.0. The molecule has 2 rings (SSSR count). The average molecular weight is 300 g/mol. The molecule has 1 heterocycles. The second-order valence-electron chi connectivity index (χ2n) is 5.27. The molecule has 1 aromatic carbocycles. The number of likely N-dealkylation sites (tertiary alicyclic amines) is 1. The van der Waals surface area contributed by atoms with Gasteiger partial charge in [-0.1, -0.05) is 12.1 Å². The van der Waals surface area contributed by atoms with E-state index in [1.54, 1.807) is 12.1 Å². The van der Waals surface area contributed by atoms with Crippen LogP contribution in [0, 0.1) is 23.0 Å². The molecule has 1 unspecified atom stereocenters. The Labute approximate surface area is 125 Å². The fourth-order valence-corrected chi connectivity index (χ4v) is 2.79. The van der Waals surface area contributed by atoms with Crippen LogP contribution in [0.1, 0.15) is 17.5 Å². The molecule has 112 valence electrons. The zero-order valence-electron chi connectivity index (χ0n) is 12.0. The Morgan fingerprint density at radius 3 is 2.90 bits per heavy atom. The Kier molecular flexibility index (Phi) is 6.39. The number of nitro benzene ring substituents is 1. The van der Waals surface area contributed by atoms with E-state index in [0.717, 1.165) is 37.3 Å². The largest absolute Gasteiger partial charge is 0.319 e. The normalized spacial score (nSPS) is 18.8. The summed E-state index contributed by atoms with van der Waals surface area (Å²) in [5, 5.41) is 14.1. The number of nitro groups is 1. The molecular weight excluding hydrogens is 278 g/mol. The van der Waals surface area contributed by atoms with E-state index < -0.39 is 0 Å². The van der Waals surface area contributed by atoms with Crippen LogP contribution < -0.4 is 5.32 Å². The quantitative estimate of drug-likeness (QED) is 0.670. The van der Waals surface area contributed by atoms with Crippen molar-refractivity contribution in [1.82, 2.24) is 10.2 Å². The first-order valence-corrected chi connectivity index (χ1v) is 6.71. The molecule has 1 aliphatic rings. The van der Waals surface area contributed by atoms with Gasteiger partial charge < -0.3 is 5.32 Å². The number of hydrogen-bond acceptors (Lipinski definition) is 4. The minimum absolute atomic E-state index is 0. The lowest BCUT2D eigenvalue weighted by Gasteiger charge is -2.17. The lowest BCUT2D eigenvalue weighted by molar-refractivity contribution is -0.385. The van der Waals surface area contributed by atoms with Crippen molar-refractivity contribution in [2.24, 2.45) is 5.92 Å². The van der Waals surface area contributed by atoms with Crippen LogP contribution in [0.25, 0.3) is 0 Å². The van der Waals surface area contributed by atoms with Crippen molar-refractivity contribution in [2.75, 3.05) is 26.7 Å². The van der Waals surface area contributed by atoms with Gasteiger partial charge in [0.05, 0.1) is 4.92 Å². The second-order valence-corrected chi connectivity index (χ2v) is 5.27. The third-order valence-corrected chi connectivity index (χ3v) is 3.87. The summed E-state index contributed by atoms with van der Waals surface area (Å²) in [6, 6.07) is 5.35. The molecule has 0 bridgehead atoms. The molecule has 0 saturated carbocycles. The van der Waals surface area contributed by atoms with E-state index in [9.17, 15) is 10.1 Å². The van der Waals surface area contributed by atoms with Crippen molar-refractivity contribution in [1.29, 1.82) is 0 Å². The summed E-state index contributed by atoms with van der Waals surface area (Å²) in [5.74, 6) is 0.698. The summed E-state index contributed by atoms with van der Waals surface area (Å²) in [5.41, 5.74) is 2.09. The summed E-state index contributed by atoms with van der Waals surface area (Å²) in [7, 11) is 1.98. The van der Waals surface area contributed by atoms with Gasteiger partial charge in [-0.3, -0.25) is 15.0 Å². The van der Waals surface area contributed by atoms with Gasteiger partial charge in [-0.25, -0.2) is 0 Å². The highest BCUT2D eigenvalue weighted by Crippen LogP contribution is 2.24. The maximum atomic E-state index is 10.9. The fourth-order valence-electron chi connectivity index (χ4n) is 2.79. The number of nitrogens with one attached hydrogen (secondary N) is 1. The van der Waals surface area contributed by atoms with Gasteiger partial charge in [0, 0.05) is 24.7 Å². The van der Waals surface area contributed by atoms with E-state index in [1.807, 2.05) is 20.0 Å². The monoisotopic (exact) mass is 299 g/mol. The van der Waals surface area contributed by atoms with Gasteiger partial charge in [0.2, 0.25) is 0 Å². The van der Waals surface area contributed by atoms with E-state index in [2.05, 4.69) is 10.2 Å². The fraction of sp³-hybridized carbons (Fsp3) is 0.571. The van der Waals surface area contributed by atoms with Crippen molar-refractivity contribution in [2.45, 2.75) is 19.9 Å². The third kappa shape index (κ3) is 3.91. The predicted octanol–water partition coefficient (Wildman–Crippen LogP) is 2.37. The third-order valence-electron chi connectivity index (χ3n) is 3.87. The maximum Gasteiger partial charge on any atom is 0.272 e. The molecule has 5 nitrogen and oxygen atoms in total. The van der Waals surface area contributed by atoms with Crippen LogP contribution in [0.15, 0.2) is 18.2 Å². The van der Waals surface area contributed by atoms with Crippen LogP contribution in [-0.2, 0) is 6.54 Å². The molecule has 0 spiro atoms. The van der Waals surface area contributed by atoms with Crippen LogP contribution in [0.5, 0.6) is 0 Å². The molecule has 1 atom stereocenters. The molecule has 6 heteroatoms.